The summed E-state index contributed by atoms with van der Waals surface area (Å²) in [5.41, 5.74) is 2.64. The Kier molecular flexibility index (Phi) is 6.40. The van der Waals surface area contributed by atoms with Gasteiger partial charge >= 0.3 is 0 Å². The molecule has 0 spiro atoms. The van der Waals surface area contributed by atoms with E-state index in [9.17, 15) is 4.79 Å². The van der Waals surface area contributed by atoms with E-state index in [1.54, 1.807) is 0 Å². The van der Waals surface area contributed by atoms with E-state index in [1.807, 2.05) is 48.0 Å². The molecule has 0 aliphatic carbocycles. The number of hydrogen-bond acceptors (Lipinski definition) is 2. The van der Waals surface area contributed by atoms with Crippen LogP contribution in [0.1, 0.15) is 81.7 Å². The summed E-state index contributed by atoms with van der Waals surface area (Å²) in [6, 6.07) is 11.9. The number of nitrogens with zero attached hydrogens (tertiary/aromatic N) is 2. The summed E-state index contributed by atoms with van der Waals surface area (Å²) in [6.45, 7) is 11.3. The van der Waals surface area contributed by atoms with Crippen molar-refractivity contribution in [3.05, 3.63) is 53.3 Å². The predicted octanol–water partition coefficient (Wildman–Crippen LogP) is 4.86. The lowest BCUT2D eigenvalue weighted by Crippen LogP contribution is -2.29. The Hall–Kier alpha value is -2.10. The van der Waals surface area contributed by atoms with Gasteiger partial charge in [-0.05, 0) is 25.0 Å². The zero-order chi connectivity index (χ0) is 18.4. The zero-order valence-corrected chi connectivity index (χ0v) is 16.2. The van der Waals surface area contributed by atoms with E-state index in [0.29, 0.717) is 5.69 Å². The van der Waals surface area contributed by atoms with Gasteiger partial charge in [0.05, 0.1) is 11.7 Å². The molecule has 136 valence electrons. The van der Waals surface area contributed by atoms with Gasteiger partial charge in [0.2, 0.25) is 0 Å². The fraction of sp³-hybridized carbons (Fsp3) is 0.524. The third-order valence-electron chi connectivity index (χ3n) is 4.40. The van der Waals surface area contributed by atoms with Crippen molar-refractivity contribution in [3.8, 4) is 0 Å². The third-order valence-corrected chi connectivity index (χ3v) is 4.40. The lowest BCUT2D eigenvalue weighted by Gasteiger charge is -2.15. The summed E-state index contributed by atoms with van der Waals surface area (Å²) >= 11 is 0. The highest BCUT2D eigenvalue weighted by Crippen LogP contribution is 2.22. The van der Waals surface area contributed by atoms with Crippen LogP contribution in [0.2, 0.25) is 0 Å². The van der Waals surface area contributed by atoms with Crippen LogP contribution in [0.15, 0.2) is 36.4 Å². The maximum absolute atomic E-state index is 12.9. The predicted molar refractivity (Wildman–Crippen MR) is 103 cm³/mol. The number of carbonyl (C=O) groups excluding carboxylic acids is 1. The number of nitrogens with one attached hydrogen (secondary N) is 1. The Morgan fingerprint density at radius 3 is 2.48 bits per heavy atom. The van der Waals surface area contributed by atoms with Crippen LogP contribution >= 0.6 is 0 Å². The molecule has 1 unspecified atom stereocenters. The Labute approximate surface area is 151 Å². The first-order valence-electron chi connectivity index (χ1n) is 9.27. The first-order valence-corrected chi connectivity index (χ1v) is 9.27. The Bertz CT molecular complexity index is 683. The second kappa shape index (κ2) is 8.32. The number of aryl methyl sites for hydroxylation is 1. The lowest BCUT2D eigenvalue weighted by molar-refractivity contribution is 0.0928. The smallest absolute Gasteiger partial charge is 0.270 e. The van der Waals surface area contributed by atoms with Crippen LogP contribution < -0.4 is 5.32 Å². The molecule has 0 saturated heterocycles. The molecule has 1 heterocycles. The van der Waals surface area contributed by atoms with Crippen LogP contribution in [-0.4, -0.2) is 15.7 Å². The fourth-order valence-corrected chi connectivity index (χ4v) is 2.74. The number of hydrogen-bond donors (Lipinski definition) is 1. The number of benzene rings is 1. The van der Waals surface area contributed by atoms with Crippen molar-refractivity contribution in [2.75, 3.05) is 0 Å². The molecule has 1 atom stereocenters. The highest BCUT2D eigenvalue weighted by atomic mass is 16.2. The maximum Gasteiger partial charge on any atom is 0.270 e. The van der Waals surface area contributed by atoms with Gasteiger partial charge in [-0.15, -0.1) is 0 Å². The normalized spacial score (nSPS) is 12.8. The van der Waals surface area contributed by atoms with Crippen LogP contribution in [0.3, 0.4) is 0 Å². The second-order valence-electron chi connectivity index (χ2n) is 7.70. The molecule has 0 radical (unpaired) electrons. The first kappa shape index (κ1) is 19.2. The first-order chi connectivity index (χ1) is 11.8. The zero-order valence-electron chi connectivity index (χ0n) is 16.2. The fourth-order valence-electron chi connectivity index (χ4n) is 2.74. The molecule has 1 aromatic heterocycles. The average Bonchev–Trinajstić information content (AvgIpc) is 3.00. The van der Waals surface area contributed by atoms with Gasteiger partial charge in [-0.1, -0.05) is 70.9 Å². The van der Waals surface area contributed by atoms with Crippen molar-refractivity contribution in [1.29, 1.82) is 0 Å². The minimum atomic E-state index is -0.0733. The van der Waals surface area contributed by atoms with Crippen LogP contribution in [0.5, 0.6) is 0 Å². The SMILES string of the molecule is CCCCCn1nc(C(C)(C)C)cc1C(=O)NC(C)c1ccccc1. The largest absolute Gasteiger partial charge is 0.344 e. The quantitative estimate of drug-likeness (QED) is 0.731. The van der Waals surface area contributed by atoms with Gasteiger partial charge < -0.3 is 5.32 Å². The molecule has 2 aromatic rings. The number of carbonyl (C=O) groups is 1. The summed E-state index contributed by atoms with van der Waals surface area (Å²) in [4.78, 5) is 12.9. The molecule has 1 N–H and O–H groups in total. The molecular weight excluding hydrogens is 310 g/mol. The van der Waals surface area contributed by atoms with Crippen LogP contribution in [0, 0.1) is 0 Å². The average molecular weight is 341 g/mol. The lowest BCUT2D eigenvalue weighted by atomic mass is 9.92. The van der Waals surface area contributed by atoms with E-state index in [0.717, 1.165) is 37.1 Å². The van der Waals surface area contributed by atoms with E-state index in [-0.39, 0.29) is 17.4 Å². The van der Waals surface area contributed by atoms with Crippen molar-refractivity contribution in [3.63, 3.8) is 0 Å². The number of unbranched alkanes of at least 4 members (excludes halogenated alkanes) is 2. The summed E-state index contributed by atoms with van der Waals surface area (Å²) in [6.07, 6.45) is 3.34. The Balaban J connectivity index is 2.20. The third kappa shape index (κ3) is 5.18. The Morgan fingerprint density at radius 2 is 1.88 bits per heavy atom. The standard InChI is InChI=1S/C21H31N3O/c1-6-7-11-14-24-18(15-19(23-24)21(3,4)5)20(25)22-16(2)17-12-9-8-10-13-17/h8-10,12-13,15-16H,6-7,11,14H2,1-5H3,(H,22,25). The summed E-state index contributed by atoms with van der Waals surface area (Å²) < 4.78 is 1.88. The number of amides is 1. The van der Waals surface area contributed by atoms with Gasteiger partial charge in [0.1, 0.15) is 5.69 Å². The van der Waals surface area contributed by atoms with Gasteiger partial charge in [-0.3, -0.25) is 9.48 Å². The number of aromatic nitrogens is 2. The van der Waals surface area contributed by atoms with Crippen molar-refractivity contribution in [2.24, 2.45) is 0 Å². The maximum atomic E-state index is 12.9. The molecule has 25 heavy (non-hydrogen) atoms. The minimum Gasteiger partial charge on any atom is -0.344 e. The minimum absolute atomic E-state index is 0.0363. The van der Waals surface area contributed by atoms with Crippen molar-refractivity contribution in [1.82, 2.24) is 15.1 Å². The van der Waals surface area contributed by atoms with E-state index in [1.165, 1.54) is 0 Å². The van der Waals surface area contributed by atoms with Crippen LogP contribution in [-0.2, 0) is 12.0 Å². The van der Waals surface area contributed by atoms with Crippen molar-refractivity contribution < 1.29 is 4.79 Å². The molecule has 2 rings (SSSR count). The monoisotopic (exact) mass is 341 g/mol. The van der Waals surface area contributed by atoms with Gasteiger partial charge in [0.25, 0.3) is 5.91 Å². The van der Waals surface area contributed by atoms with Gasteiger partial charge in [-0.2, -0.15) is 5.10 Å². The molecule has 0 bridgehead atoms. The van der Waals surface area contributed by atoms with Crippen molar-refractivity contribution in [2.45, 2.75) is 71.9 Å². The van der Waals surface area contributed by atoms with Crippen LogP contribution in [0.25, 0.3) is 0 Å². The van der Waals surface area contributed by atoms with Crippen LogP contribution in [0.4, 0.5) is 0 Å². The van der Waals surface area contributed by atoms with E-state index in [2.05, 4.69) is 33.0 Å². The molecular formula is C21H31N3O. The summed E-state index contributed by atoms with van der Waals surface area (Å²) in [5.74, 6) is -0.0594. The molecule has 4 nitrogen and oxygen atoms in total. The van der Waals surface area contributed by atoms with E-state index < -0.39 is 0 Å². The van der Waals surface area contributed by atoms with Gasteiger partial charge in [0, 0.05) is 12.0 Å². The summed E-state index contributed by atoms with van der Waals surface area (Å²) in [7, 11) is 0. The number of rotatable bonds is 7. The highest BCUT2D eigenvalue weighted by Gasteiger charge is 2.23. The van der Waals surface area contributed by atoms with E-state index in [4.69, 9.17) is 5.10 Å². The molecule has 0 saturated carbocycles. The van der Waals surface area contributed by atoms with E-state index >= 15 is 0 Å². The topological polar surface area (TPSA) is 46.9 Å². The molecule has 4 heteroatoms. The van der Waals surface area contributed by atoms with Gasteiger partial charge in [0.15, 0.2) is 0 Å². The van der Waals surface area contributed by atoms with Crippen molar-refractivity contribution >= 4 is 5.91 Å². The molecule has 0 aliphatic rings. The molecule has 0 fully saturated rings. The van der Waals surface area contributed by atoms with Gasteiger partial charge in [-0.25, -0.2) is 0 Å². The molecule has 1 aromatic carbocycles. The molecule has 0 aliphatic heterocycles. The molecule has 1 amide bonds. The summed E-state index contributed by atoms with van der Waals surface area (Å²) in [5, 5.41) is 7.82. The highest BCUT2D eigenvalue weighted by molar-refractivity contribution is 5.93. The second-order valence-corrected chi connectivity index (χ2v) is 7.70. The Morgan fingerprint density at radius 1 is 1.20 bits per heavy atom.